The van der Waals surface area contributed by atoms with E-state index >= 15 is 0 Å². The molecule has 2 rings (SSSR count). The summed E-state index contributed by atoms with van der Waals surface area (Å²) in [5.74, 6) is -8.95. The van der Waals surface area contributed by atoms with Crippen LogP contribution in [0.3, 0.4) is 0 Å². The molecule has 8 atom stereocenters. The number of aromatic hydroxyl groups is 1. The van der Waals surface area contributed by atoms with E-state index in [-0.39, 0.29) is 107 Å². The van der Waals surface area contributed by atoms with Crippen LogP contribution in [0.5, 0.6) is 5.75 Å². The largest absolute Gasteiger partial charge is 0.508 e. The van der Waals surface area contributed by atoms with Gasteiger partial charge in [0.1, 0.15) is 42.0 Å². The number of nitrogens with one attached hydrogen (secondary N) is 8. The quantitative estimate of drug-likeness (QED) is 0.0174. The Labute approximate surface area is 471 Å². The van der Waals surface area contributed by atoms with Crippen LogP contribution in [0.1, 0.15) is 90.2 Å². The van der Waals surface area contributed by atoms with E-state index in [1.165, 1.54) is 12.1 Å². The minimum absolute atomic E-state index is 0.0279. The van der Waals surface area contributed by atoms with Gasteiger partial charge in [0.25, 0.3) is 0 Å². The molecule has 0 aromatic heterocycles. The summed E-state index contributed by atoms with van der Waals surface area (Å²) in [5, 5.41) is 40.1. The number of hydrogen-bond acceptors (Lipinski definition) is 14. The number of aliphatic carboxylic acids is 1. The molecule has 0 radical (unpaired) electrons. The van der Waals surface area contributed by atoms with E-state index in [9.17, 15) is 53.4 Å². The van der Waals surface area contributed by atoms with Crippen LogP contribution in [0, 0.1) is 11.8 Å². The molecule has 24 N–H and O–H groups in total. The number of carbonyl (C=O) groups is 9. The van der Waals surface area contributed by atoms with Crippen molar-refractivity contribution >= 4 is 71.1 Å². The number of phenolic OH excluding ortho intramolecular Hbond substituents is 1. The third kappa shape index (κ3) is 28.1. The second-order valence-electron chi connectivity index (χ2n) is 19.7. The van der Waals surface area contributed by atoms with Crippen molar-refractivity contribution in [3.05, 3.63) is 65.7 Å². The third-order valence-electron chi connectivity index (χ3n) is 12.4. The van der Waals surface area contributed by atoms with Crippen LogP contribution in [0.15, 0.2) is 69.6 Å². The molecule has 81 heavy (non-hydrogen) atoms. The number of carboxylic acids is 1. The molecule has 2 aromatic carbocycles. The van der Waals surface area contributed by atoms with Gasteiger partial charge in [-0.2, -0.15) is 0 Å². The number of nitrogens with two attached hydrogens (primary N) is 7. The lowest BCUT2D eigenvalue weighted by Crippen LogP contribution is -2.60. The van der Waals surface area contributed by atoms with Gasteiger partial charge in [-0.05, 0) is 86.5 Å². The molecule has 0 saturated carbocycles. The molecule has 1 unspecified atom stereocenters. The van der Waals surface area contributed by atoms with Crippen molar-refractivity contribution in [2.45, 2.75) is 134 Å². The van der Waals surface area contributed by atoms with Crippen LogP contribution < -0.4 is 82.7 Å². The second kappa shape index (κ2) is 36.4. The fourth-order valence-electron chi connectivity index (χ4n) is 7.87. The second-order valence-corrected chi connectivity index (χ2v) is 19.7. The number of hydrogen-bond donors (Lipinski definition) is 17. The van der Waals surface area contributed by atoms with Crippen molar-refractivity contribution in [3.63, 3.8) is 0 Å². The van der Waals surface area contributed by atoms with Crippen LogP contribution in [0.2, 0.25) is 0 Å². The summed E-state index contributed by atoms with van der Waals surface area (Å²) in [6.07, 6.45) is 0.734. The van der Waals surface area contributed by atoms with Crippen molar-refractivity contribution in [2.75, 3.05) is 32.7 Å². The number of aliphatic imine (C=N–C) groups is 3. The van der Waals surface area contributed by atoms with Gasteiger partial charge in [0.2, 0.25) is 47.3 Å². The normalized spacial score (nSPS) is 13.8. The van der Waals surface area contributed by atoms with Gasteiger partial charge in [-0.3, -0.25) is 53.3 Å². The van der Waals surface area contributed by atoms with E-state index in [1.807, 2.05) is 0 Å². The molecule has 0 aliphatic rings. The number of carboxylic acid groups (broad SMARTS) is 1. The molecule has 29 nitrogen and oxygen atoms in total. The smallest absolute Gasteiger partial charge is 0.326 e. The number of benzene rings is 2. The predicted octanol–water partition coefficient (Wildman–Crippen LogP) is -4.02. The van der Waals surface area contributed by atoms with E-state index in [0.29, 0.717) is 17.5 Å². The highest BCUT2D eigenvalue weighted by atomic mass is 16.4. The number of amides is 8. The first-order valence-electron chi connectivity index (χ1n) is 26.6. The zero-order chi connectivity index (χ0) is 60.6. The molecule has 448 valence electrons. The van der Waals surface area contributed by atoms with Crippen molar-refractivity contribution in [1.82, 2.24) is 42.5 Å². The zero-order valence-corrected chi connectivity index (χ0v) is 46.5. The molecule has 0 aliphatic carbocycles. The maximum absolute atomic E-state index is 14.4. The molecule has 0 saturated heterocycles. The van der Waals surface area contributed by atoms with Crippen molar-refractivity contribution < 1.29 is 53.4 Å². The summed E-state index contributed by atoms with van der Waals surface area (Å²) in [6, 6.07) is 5.69. The zero-order valence-electron chi connectivity index (χ0n) is 46.5. The predicted molar refractivity (Wildman–Crippen MR) is 304 cm³/mol. The van der Waals surface area contributed by atoms with Crippen molar-refractivity contribution in [2.24, 2.45) is 66.9 Å². The molecule has 0 heterocycles. The topological polar surface area (TPSA) is 510 Å². The highest BCUT2D eigenvalue weighted by Gasteiger charge is 2.35. The lowest BCUT2D eigenvalue weighted by molar-refractivity contribution is -0.143. The van der Waals surface area contributed by atoms with E-state index in [1.54, 1.807) is 70.2 Å². The fraction of sp³-hybridized carbons (Fsp3) is 0.538. The van der Waals surface area contributed by atoms with Crippen molar-refractivity contribution in [3.8, 4) is 5.75 Å². The Bertz CT molecular complexity index is 2470. The number of phenols is 1. The molecule has 8 amide bonds. The summed E-state index contributed by atoms with van der Waals surface area (Å²) in [4.78, 5) is 134. The van der Waals surface area contributed by atoms with Gasteiger partial charge in [0.05, 0.1) is 19.1 Å². The van der Waals surface area contributed by atoms with Crippen LogP contribution >= 0.6 is 0 Å². The average molecular weight is 1140 g/mol. The summed E-state index contributed by atoms with van der Waals surface area (Å²) in [7, 11) is 0. The summed E-state index contributed by atoms with van der Waals surface area (Å²) in [5.41, 5.74) is 40.2. The lowest BCUT2D eigenvalue weighted by Gasteiger charge is -2.29. The van der Waals surface area contributed by atoms with Gasteiger partial charge in [0, 0.05) is 26.1 Å². The van der Waals surface area contributed by atoms with Crippen LogP contribution in [0.4, 0.5) is 0 Å². The van der Waals surface area contributed by atoms with Gasteiger partial charge < -0.3 is 92.9 Å². The molecule has 0 fully saturated rings. The highest BCUT2D eigenvalue weighted by Crippen LogP contribution is 2.14. The van der Waals surface area contributed by atoms with Gasteiger partial charge in [-0.15, -0.1) is 0 Å². The summed E-state index contributed by atoms with van der Waals surface area (Å²) < 4.78 is 0. The monoisotopic (exact) mass is 1140 g/mol. The Kier molecular flexibility index (Phi) is 30.7. The van der Waals surface area contributed by atoms with Gasteiger partial charge >= 0.3 is 5.97 Å². The summed E-state index contributed by atoms with van der Waals surface area (Å²) >= 11 is 0. The van der Waals surface area contributed by atoms with Crippen LogP contribution in [-0.4, -0.2) is 156 Å². The van der Waals surface area contributed by atoms with Crippen molar-refractivity contribution in [1.29, 1.82) is 0 Å². The average Bonchev–Trinajstić information content (AvgIpc) is 3.41. The minimum atomic E-state index is -1.39. The van der Waals surface area contributed by atoms with E-state index in [0.717, 1.165) is 0 Å². The molecular formula is C52H84N18O11. The molecule has 2 aromatic rings. The first kappa shape index (κ1) is 68.3. The van der Waals surface area contributed by atoms with E-state index < -0.39 is 115 Å². The maximum Gasteiger partial charge on any atom is 0.326 e. The maximum atomic E-state index is 14.4. The van der Waals surface area contributed by atoms with E-state index in [2.05, 4.69) is 57.5 Å². The Balaban J connectivity index is 2.38. The molecule has 0 bridgehead atoms. The number of carbonyl (C=O) groups excluding carboxylic acids is 8. The number of nitrogens with zero attached hydrogens (tertiary/aromatic N) is 3. The van der Waals surface area contributed by atoms with Gasteiger partial charge in [-0.25, -0.2) is 4.79 Å². The first-order chi connectivity index (χ1) is 38.3. The lowest BCUT2D eigenvalue weighted by atomic mass is 9.96. The van der Waals surface area contributed by atoms with Crippen LogP contribution in [0.25, 0.3) is 0 Å². The fourth-order valence-corrected chi connectivity index (χ4v) is 7.87. The Morgan fingerprint density at radius 1 is 0.506 bits per heavy atom. The molecular weight excluding hydrogens is 1050 g/mol. The molecule has 0 spiro atoms. The molecule has 29 heteroatoms. The molecule has 0 aliphatic heterocycles. The van der Waals surface area contributed by atoms with Crippen LogP contribution in [-0.2, 0) is 56.0 Å². The SMILES string of the molecule is CCC(C)[C@H](NC(=O)[C@H](CCCN=C(N)N)NC(=O)[C@H](CCCN=C(N)N)NC(=O)[C@H](CC(C)C)NC(=O)[C@H](Cc1ccccc1)NC(=O)CNC(=O)CNC(=O)[C@@H](N)Cc1ccc(O)cc1)C(=O)N[C@@H](CCCN=C(N)N)C(=O)O. The standard InChI is InChI=1S/C52H84N18O11/c1-5-30(4)42(48(79)68-37(49(80)81)16-11-23-62-52(58)59)70-45(76)36(15-10-22-61-51(56)57)66-44(75)35(14-9-21-60-50(54)55)67-46(77)38(24-29(2)3)69-47(78)39(26-31-12-7-6-8-13-31)65-41(73)28-63-40(72)27-64-43(74)34(53)25-32-17-19-33(71)20-18-32/h6-8,12-13,17-20,29-30,34-39,42,71H,5,9-11,14-16,21-28,53H2,1-4H3,(H,63,72)(H,64,74)(H,65,73)(H,66,75)(H,67,77)(H,68,79)(H,69,78)(H,70,76)(H,80,81)(H4,54,55,60)(H4,56,57,61)(H4,58,59,62)/t30?,34-,35-,36-,37-,38-,39-,42-/m0/s1. The number of guanidine groups is 3. The van der Waals surface area contributed by atoms with E-state index in [4.69, 9.17) is 40.1 Å². The highest BCUT2D eigenvalue weighted by molar-refractivity contribution is 5.97. The Morgan fingerprint density at radius 3 is 1.44 bits per heavy atom. The van der Waals surface area contributed by atoms with Gasteiger partial charge in [-0.1, -0.05) is 76.6 Å². The number of rotatable bonds is 37. The first-order valence-corrected chi connectivity index (χ1v) is 26.6. The summed E-state index contributed by atoms with van der Waals surface area (Å²) in [6.45, 7) is 6.05. The Hall–Kier alpha value is -8.76. The minimum Gasteiger partial charge on any atom is -0.508 e. The Morgan fingerprint density at radius 2 is 0.951 bits per heavy atom. The van der Waals surface area contributed by atoms with Gasteiger partial charge in [0.15, 0.2) is 17.9 Å². The third-order valence-corrected chi connectivity index (χ3v) is 12.4.